The van der Waals surface area contributed by atoms with E-state index in [0.717, 1.165) is 0 Å². The Balaban J connectivity index is 1.45. The van der Waals surface area contributed by atoms with Crippen LogP contribution in [-0.2, 0) is 19.2 Å². The third-order valence-corrected chi connectivity index (χ3v) is 6.77. The minimum atomic E-state index is -1.18. The molecule has 3 amide bonds. The highest BCUT2D eigenvalue weighted by Crippen LogP contribution is 2.40. The molecule has 2 aliphatic rings. The molecule has 3 heterocycles. The van der Waals surface area contributed by atoms with Crippen LogP contribution in [0.4, 0.5) is 0 Å². The first-order valence-electron chi connectivity index (χ1n) is 10.4. The van der Waals surface area contributed by atoms with Gasteiger partial charge in [-0.3, -0.25) is 19.3 Å². The maximum Gasteiger partial charge on any atom is 0.352 e. The van der Waals surface area contributed by atoms with Crippen molar-refractivity contribution in [3.05, 3.63) is 71.6 Å². The van der Waals surface area contributed by atoms with Crippen LogP contribution in [0.2, 0.25) is 0 Å². The second kappa shape index (κ2) is 9.96. The third kappa shape index (κ3) is 4.74. The van der Waals surface area contributed by atoms with Gasteiger partial charge in [-0.25, -0.2) is 9.78 Å². The van der Waals surface area contributed by atoms with Gasteiger partial charge in [0.25, 0.3) is 11.8 Å². The fourth-order valence-electron chi connectivity index (χ4n) is 3.73. The van der Waals surface area contributed by atoms with E-state index in [2.05, 4.69) is 15.6 Å². The Kier molecular flexibility index (Phi) is 6.82. The van der Waals surface area contributed by atoms with Crippen LogP contribution in [0.1, 0.15) is 18.5 Å². The third-order valence-electron chi connectivity index (χ3n) is 5.35. The summed E-state index contributed by atoms with van der Waals surface area (Å²) in [6.45, 7) is 1.31. The number of hydrogen-bond donors (Lipinski definition) is 3. The molecule has 0 radical (unpaired) electrons. The molecular weight excluding hydrogens is 460 g/mol. The number of benzene rings is 1. The van der Waals surface area contributed by atoms with Crippen LogP contribution in [0, 0.1) is 0 Å². The number of carboxylic acid groups (broad SMARTS) is 1. The van der Waals surface area contributed by atoms with Crippen LogP contribution in [0.3, 0.4) is 0 Å². The number of carbonyl (C=O) groups is 4. The number of nitrogens with zero attached hydrogens (tertiary/aromatic N) is 2. The summed E-state index contributed by atoms with van der Waals surface area (Å²) in [6.07, 6.45) is 1.53. The molecule has 176 valence electrons. The van der Waals surface area contributed by atoms with Gasteiger partial charge in [-0.05, 0) is 24.1 Å². The fourth-order valence-corrected chi connectivity index (χ4v) is 5.03. The van der Waals surface area contributed by atoms with E-state index in [-0.39, 0.29) is 18.2 Å². The Bertz CT molecular complexity index is 1140. The molecule has 1 fully saturated rings. The van der Waals surface area contributed by atoms with Crippen molar-refractivity contribution in [3.8, 4) is 5.88 Å². The Morgan fingerprint density at radius 1 is 1.21 bits per heavy atom. The molecule has 0 aliphatic carbocycles. The lowest BCUT2D eigenvalue weighted by atomic mass is 10.0. The van der Waals surface area contributed by atoms with Gasteiger partial charge in [0.2, 0.25) is 11.8 Å². The number of amides is 3. The van der Waals surface area contributed by atoms with Crippen molar-refractivity contribution >= 4 is 35.5 Å². The van der Waals surface area contributed by atoms with Gasteiger partial charge in [-0.15, -0.1) is 11.8 Å². The predicted octanol–water partition coefficient (Wildman–Crippen LogP) is 1.08. The molecule has 11 heteroatoms. The molecule has 2 aliphatic heterocycles. The summed E-state index contributed by atoms with van der Waals surface area (Å²) >= 11 is 1.38. The van der Waals surface area contributed by atoms with Crippen LogP contribution in [-0.4, -0.2) is 62.5 Å². The summed E-state index contributed by atoms with van der Waals surface area (Å²) in [6, 6.07) is 11.7. The highest BCUT2D eigenvalue weighted by molar-refractivity contribution is 8.00. The SMILES string of the molecule is CC1=C(C(=O)O)N2C(=O)C(NC(=O)C(NC(=O)COc3ccccn3)c3ccccc3)[C@@H]2SC1. The summed E-state index contributed by atoms with van der Waals surface area (Å²) < 4.78 is 5.35. The van der Waals surface area contributed by atoms with Gasteiger partial charge >= 0.3 is 5.97 Å². The predicted molar refractivity (Wildman–Crippen MR) is 122 cm³/mol. The number of aromatic nitrogens is 1. The van der Waals surface area contributed by atoms with Crippen molar-refractivity contribution in [2.24, 2.45) is 0 Å². The van der Waals surface area contributed by atoms with E-state index >= 15 is 0 Å². The monoisotopic (exact) mass is 482 g/mol. The summed E-state index contributed by atoms with van der Waals surface area (Å²) in [5.74, 6) is -2.10. The topological polar surface area (TPSA) is 138 Å². The highest BCUT2D eigenvalue weighted by atomic mass is 32.2. The molecule has 4 rings (SSSR count). The Hall–Kier alpha value is -3.86. The van der Waals surface area contributed by atoms with E-state index in [9.17, 15) is 24.3 Å². The molecule has 1 aromatic heterocycles. The summed E-state index contributed by atoms with van der Waals surface area (Å²) in [5.41, 5.74) is 1.07. The zero-order chi connectivity index (χ0) is 24.2. The lowest BCUT2D eigenvalue weighted by molar-refractivity contribution is -0.151. The second-order valence-corrected chi connectivity index (χ2v) is 8.80. The normalized spacial score (nSPS) is 20.0. The summed E-state index contributed by atoms with van der Waals surface area (Å²) in [4.78, 5) is 55.2. The van der Waals surface area contributed by atoms with E-state index in [1.54, 1.807) is 55.5 Å². The smallest absolute Gasteiger partial charge is 0.352 e. The van der Waals surface area contributed by atoms with Crippen molar-refractivity contribution < 1.29 is 29.0 Å². The number of β-lactam (4-membered cyclic amide) rings is 1. The minimum Gasteiger partial charge on any atom is -0.477 e. The molecule has 2 aromatic rings. The molecule has 0 bridgehead atoms. The molecular formula is C23H22N4O6S. The highest BCUT2D eigenvalue weighted by Gasteiger charge is 2.54. The molecule has 2 unspecified atom stereocenters. The van der Waals surface area contributed by atoms with E-state index in [1.807, 2.05) is 0 Å². The van der Waals surface area contributed by atoms with E-state index in [4.69, 9.17) is 4.74 Å². The quantitative estimate of drug-likeness (QED) is 0.475. The number of carbonyl (C=O) groups excluding carboxylic acids is 3. The molecule has 10 nitrogen and oxygen atoms in total. The first kappa shape index (κ1) is 23.3. The van der Waals surface area contributed by atoms with E-state index in [0.29, 0.717) is 16.9 Å². The Morgan fingerprint density at radius 3 is 2.62 bits per heavy atom. The van der Waals surface area contributed by atoms with E-state index in [1.165, 1.54) is 22.9 Å². The number of rotatable bonds is 8. The van der Waals surface area contributed by atoms with Gasteiger partial charge < -0.3 is 20.5 Å². The first-order valence-corrected chi connectivity index (χ1v) is 11.5. The van der Waals surface area contributed by atoms with Crippen molar-refractivity contribution in [1.29, 1.82) is 0 Å². The molecule has 0 spiro atoms. The van der Waals surface area contributed by atoms with Gasteiger partial charge in [0.05, 0.1) is 0 Å². The molecule has 1 aromatic carbocycles. The van der Waals surface area contributed by atoms with Crippen LogP contribution in [0.25, 0.3) is 0 Å². The zero-order valence-corrected chi connectivity index (χ0v) is 19.0. The average molecular weight is 483 g/mol. The lowest BCUT2D eigenvalue weighted by Gasteiger charge is -2.49. The number of fused-ring (bicyclic) bond motifs is 1. The zero-order valence-electron chi connectivity index (χ0n) is 18.1. The molecule has 3 N–H and O–H groups in total. The number of thioether (sulfide) groups is 1. The first-order chi connectivity index (χ1) is 16.4. The minimum absolute atomic E-state index is 0.0427. The maximum absolute atomic E-state index is 13.2. The Labute approximate surface area is 199 Å². The molecule has 3 atom stereocenters. The summed E-state index contributed by atoms with van der Waals surface area (Å²) in [7, 11) is 0. The number of pyridine rings is 1. The number of nitrogens with one attached hydrogen (secondary N) is 2. The molecule has 1 saturated heterocycles. The van der Waals surface area contributed by atoms with Gasteiger partial charge in [0.15, 0.2) is 6.61 Å². The standard InChI is InChI=1S/C23H22N4O6S/c1-13-12-34-22-18(21(30)27(22)19(13)23(31)32)26-20(29)17(14-7-3-2-4-8-14)25-15(28)11-33-16-9-5-6-10-24-16/h2-10,17-18,22H,11-12H2,1H3,(H,25,28)(H,26,29)(H,31,32)/t17?,18?,22-/m0/s1. The van der Waals surface area contributed by atoms with E-state index < -0.39 is 41.1 Å². The lowest BCUT2D eigenvalue weighted by Crippen LogP contribution is -2.71. The fraction of sp³-hybridized carbons (Fsp3) is 0.261. The van der Waals surface area contributed by atoms with Gasteiger partial charge in [0.1, 0.15) is 23.2 Å². The van der Waals surface area contributed by atoms with Crippen molar-refractivity contribution in [2.45, 2.75) is 24.4 Å². The molecule has 34 heavy (non-hydrogen) atoms. The van der Waals surface area contributed by atoms with Crippen LogP contribution < -0.4 is 15.4 Å². The Morgan fingerprint density at radius 2 is 1.94 bits per heavy atom. The van der Waals surface area contributed by atoms with Gasteiger partial charge in [-0.2, -0.15) is 0 Å². The average Bonchev–Trinajstić information content (AvgIpc) is 2.85. The second-order valence-electron chi connectivity index (χ2n) is 7.70. The van der Waals surface area contributed by atoms with Crippen LogP contribution >= 0.6 is 11.8 Å². The number of carboxylic acids is 1. The van der Waals surface area contributed by atoms with Crippen molar-refractivity contribution in [1.82, 2.24) is 20.5 Å². The van der Waals surface area contributed by atoms with Crippen molar-refractivity contribution in [3.63, 3.8) is 0 Å². The largest absolute Gasteiger partial charge is 0.477 e. The number of ether oxygens (including phenoxy) is 1. The number of hydrogen-bond acceptors (Lipinski definition) is 7. The van der Waals surface area contributed by atoms with Crippen LogP contribution in [0.5, 0.6) is 5.88 Å². The maximum atomic E-state index is 13.2. The van der Waals surface area contributed by atoms with Gasteiger partial charge in [-0.1, -0.05) is 36.4 Å². The molecule has 0 saturated carbocycles. The number of aliphatic carboxylic acids is 1. The summed E-state index contributed by atoms with van der Waals surface area (Å²) in [5, 5.41) is 14.3. The van der Waals surface area contributed by atoms with Crippen LogP contribution in [0.15, 0.2) is 66.0 Å². The van der Waals surface area contributed by atoms with Gasteiger partial charge in [0, 0.05) is 18.0 Å². The van der Waals surface area contributed by atoms with Crippen molar-refractivity contribution in [2.75, 3.05) is 12.4 Å².